The van der Waals surface area contributed by atoms with Gasteiger partial charge in [-0.2, -0.15) is 0 Å². The smallest absolute Gasteiger partial charge is 0.150 e. The Morgan fingerprint density at radius 1 is 1.04 bits per heavy atom. The maximum absolute atomic E-state index is 4.71. The van der Waals surface area contributed by atoms with E-state index < -0.39 is 0 Å². The molecule has 5 heteroatoms. The summed E-state index contributed by atoms with van der Waals surface area (Å²) >= 11 is 0. The van der Waals surface area contributed by atoms with Crippen molar-refractivity contribution in [3.8, 4) is 0 Å². The number of rotatable bonds is 5. The molecule has 26 heavy (non-hydrogen) atoms. The Morgan fingerprint density at radius 2 is 1.85 bits per heavy atom. The third-order valence-corrected chi connectivity index (χ3v) is 5.38. The topological polar surface area (TPSA) is 45.2 Å². The van der Waals surface area contributed by atoms with Crippen LogP contribution < -0.4 is 9.80 Å². The highest BCUT2D eigenvalue weighted by atomic mass is 15.3. The SMILES string of the molecule is C=Cc1ccc(N2CC(c3nccnc3N3CCC(C)C3)C2)nc1C=C. The lowest BCUT2D eigenvalue weighted by molar-refractivity contribution is 0.506. The summed E-state index contributed by atoms with van der Waals surface area (Å²) in [5.41, 5.74) is 3.02. The molecule has 4 heterocycles. The molecule has 2 aliphatic rings. The van der Waals surface area contributed by atoms with Crippen LogP contribution in [-0.4, -0.2) is 41.1 Å². The zero-order valence-electron chi connectivity index (χ0n) is 15.3. The van der Waals surface area contributed by atoms with Gasteiger partial charge in [0.15, 0.2) is 5.82 Å². The number of hydrogen-bond donors (Lipinski definition) is 0. The molecule has 2 saturated heterocycles. The minimum absolute atomic E-state index is 0.405. The second kappa shape index (κ2) is 6.90. The fraction of sp³-hybridized carbons (Fsp3) is 0.381. The van der Waals surface area contributed by atoms with Crippen molar-refractivity contribution in [1.29, 1.82) is 0 Å². The van der Waals surface area contributed by atoms with Crippen LogP contribution in [-0.2, 0) is 0 Å². The van der Waals surface area contributed by atoms with Gasteiger partial charge in [-0.15, -0.1) is 0 Å². The zero-order chi connectivity index (χ0) is 18.1. The van der Waals surface area contributed by atoms with Crippen LogP contribution in [0.3, 0.4) is 0 Å². The summed E-state index contributed by atoms with van der Waals surface area (Å²) < 4.78 is 0. The average molecular weight is 347 g/mol. The van der Waals surface area contributed by atoms with E-state index in [1.54, 1.807) is 6.08 Å². The Labute approximate surface area is 155 Å². The van der Waals surface area contributed by atoms with Crippen LogP contribution in [0.2, 0.25) is 0 Å². The van der Waals surface area contributed by atoms with E-state index in [2.05, 4.69) is 52.0 Å². The van der Waals surface area contributed by atoms with Gasteiger partial charge in [0.05, 0.1) is 11.4 Å². The minimum Gasteiger partial charge on any atom is -0.355 e. The summed E-state index contributed by atoms with van der Waals surface area (Å²) in [6.45, 7) is 14.0. The molecule has 4 rings (SSSR count). The Hall–Kier alpha value is -2.69. The molecule has 0 bridgehead atoms. The van der Waals surface area contributed by atoms with Crippen molar-refractivity contribution in [3.63, 3.8) is 0 Å². The van der Waals surface area contributed by atoms with Gasteiger partial charge < -0.3 is 9.80 Å². The highest BCUT2D eigenvalue weighted by Crippen LogP contribution is 2.35. The van der Waals surface area contributed by atoms with Crippen molar-refractivity contribution in [2.75, 3.05) is 36.0 Å². The fourth-order valence-electron chi connectivity index (χ4n) is 3.83. The predicted molar refractivity (Wildman–Crippen MR) is 107 cm³/mol. The quantitative estimate of drug-likeness (QED) is 0.827. The van der Waals surface area contributed by atoms with Crippen LogP contribution in [0.15, 0.2) is 37.7 Å². The van der Waals surface area contributed by atoms with E-state index in [4.69, 9.17) is 4.98 Å². The van der Waals surface area contributed by atoms with Crippen LogP contribution in [0.1, 0.15) is 36.2 Å². The van der Waals surface area contributed by atoms with Gasteiger partial charge in [0.2, 0.25) is 0 Å². The van der Waals surface area contributed by atoms with E-state index in [-0.39, 0.29) is 0 Å². The van der Waals surface area contributed by atoms with Crippen molar-refractivity contribution in [2.24, 2.45) is 5.92 Å². The lowest BCUT2D eigenvalue weighted by Gasteiger charge is -2.41. The van der Waals surface area contributed by atoms with Crippen LogP contribution in [0.5, 0.6) is 0 Å². The molecule has 1 unspecified atom stereocenters. The molecule has 2 aromatic rings. The average Bonchev–Trinajstić information content (AvgIpc) is 3.07. The Kier molecular flexibility index (Phi) is 4.45. The Bertz CT molecular complexity index is 825. The van der Waals surface area contributed by atoms with Crippen molar-refractivity contribution in [1.82, 2.24) is 15.0 Å². The van der Waals surface area contributed by atoms with Gasteiger partial charge in [0.25, 0.3) is 0 Å². The molecule has 1 atom stereocenters. The molecule has 2 aromatic heterocycles. The molecule has 134 valence electrons. The molecule has 0 spiro atoms. The van der Waals surface area contributed by atoms with Crippen molar-refractivity contribution >= 4 is 23.8 Å². The Balaban J connectivity index is 1.50. The van der Waals surface area contributed by atoms with Gasteiger partial charge in [0, 0.05) is 44.5 Å². The Morgan fingerprint density at radius 3 is 2.54 bits per heavy atom. The van der Waals surface area contributed by atoms with Gasteiger partial charge in [-0.05, 0) is 36.1 Å². The van der Waals surface area contributed by atoms with E-state index in [1.165, 1.54) is 6.42 Å². The number of aromatic nitrogens is 3. The minimum atomic E-state index is 0.405. The summed E-state index contributed by atoms with van der Waals surface area (Å²) in [7, 11) is 0. The molecule has 0 amide bonds. The van der Waals surface area contributed by atoms with E-state index in [9.17, 15) is 0 Å². The monoisotopic (exact) mass is 347 g/mol. The van der Waals surface area contributed by atoms with E-state index in [1.807, 2.05) is 18.5 Å². The molecule has 0 aliphatic carbocycles. The lowest BCUT2D eigenvalue weighted by atomic mass is 9.95. The van der Waals surface area contributed by atoms with Crippen molar-refractivity contribution in [2.45, 2.75) is 19.3 Å². The van der Waals surface area contributed by atoms with E-state index >= 15 is 0 Å². The van der Waals surface area contributed by atoms with Crippen molar-refractivity contribution in [3.05, 3.63) is 54.6 Å². The van der Waals surface area contributed by atoms with Crippen LogP contribution in [0, 0.1) is 5.92 Å². The molecular weight excluding hydrogens is 322 g/mol. The summed E-state index contributed by atoms with van der Waals surface area (Å²) in [6, 6.07) is 4.11. The first-order chi connectivity index (χ1) is 12.7. The van der Waals surface area contributed by atoms with Gasteiger partial charge >= 0.3 is 0 Å². The summed E-state index contributed by atoms with van der Waals surface area (Å²) in [5.74, 6) is 3.19. The summed E-state index contributed by atoms with van der Waals surface area (Å²) in [4.78, 5) is 18.7. The molecule has 2 aliphatic heterocycles. The van der Waals surface area contributed by atoms with Gasteiger partial charge in [-0.3, -0.25) is 4.98 Å². The lowest BCUT2D eigenvalue weighted by Crippen LogP contribution is -2.46. The fourth-order valence-corrected chi connectivity index (χ4v) is 3.83. The molecule has 0 aromatic carbocycles. The third-order valence-electron chi connectivity index (χ3n) is 5.38. The summed E-state index contributed by atoms with van der Waals surface area (Å²) in [5, 5.41) is 0. The first-order valence-electron chi connectivity index (χ1n) is 9.26. The van der Waals surface area contributed by atoms with Gasteiger partial charge in [-0.1, -0.05) is 26.2 Å². The number of nitrogens with zero attached hydrogens (tertiary/aromatic N) is 5. The standard InChI is InChI=1S/C21H25N5/c1-4-16-6-7-19(24-18(16)5-2)26-13-17(14-26)20-21(23-10-9-22-20)25-11-8-15(3)12-25/h4-7,9-10,15,17H,1-2,8,11-14H2,3H3. The number of hydrogen-bond acceptors (Lipinski definition) is 5. The predicted octanol–water partition coefficient (Wildman–Crippen LogP) is 3.61. The number of anilines is 2. The van der Waals surface area contributed by atoms with Gasteiger partial charge in [0.1, 0.15) is 5.82 Å². The normalized spacial score (nSPS) is 20.1. The molecule has 5 nitrogen and oxygen atoms in total. The first-order valence-corrected chi connectivity index (χ1v) is 9.26. The first kappa shape index (κ1) is 16.8. The molecule has 0 N–H and O–H groups in total. The maximum atomic E-state index is 4.71. The molecule has 0 saturated carbocycles. The van der Waals surface area contributed by atoms with Gasteiger partial charge in [-0.25, -0.2) is 9.97 Å². The largest absolute Gasteiger partial charge is 0.355 e. The van der Waals surface area contributed by atoms with Crippen LogP contribution >= 0.6 is 0 Å². The zero-order valence-corrected chi connectivity index (χ0v) is 15.3. The molecule has 2 fully saturated rings. The molecule has 0 radical (unpaired) electrons. The highest BCUT2D eigenvalue weighted by molar-refractivity contribution is 5.63. The van der Waals surface area contributed by atoms with Crippen LogP contribution in [0.25, 0.3) is 12.2 Å². The third kappa shape index (κ3) is 2.98. The van der Waals surface area contributed by atoms with Crippen LogP contribution in [0.4, 0.5) is 11.6 Å². The second-order valence-corrected chi connectivity index (χ2v) is 7.26. The second-order valence-electron chi connectivity index (χ2n) is 7.26. The highest BCUT2D eigenvalue weighted by Gasteiger charge is 2.34. The summed E-state index contributed by atoms with van der Waals surface area (Å²) in [6.07, 6.45) is 8.46. The van der Waals surface area contributed by atoms with Crippen molar-refractivity contribution < 1.29 is 0 Å². The van der Waals surface area contributed by atoms with E-state index in [0.29, 0.717) is 5.92 Å². The number of pyridine rings is 1. The molecular formula is C21H25N5. The maximum Gasteiger partial charge on any atom is 0.150 e. The van der Waals surface area contributed by atoms with E-state index in [0.717, 1.165) is 60.7 Å².